The summed E-state index contributed by atoms with van der Waals surface area (Å²) in [6.07, 6.45) is 0. The molecule has 0 fully saturated rings. The van der Waals surface area contributed by atoms with Crippen LogP contribution < -0.4 is 22.1 Å². The number of aryl methyl sites for hydroxylation is 4. The van der Waals surface area contributed by atoms with Crippen LogP contribution in [0.3, 0.4) is 0 Å². The lowest BCUT2D eigenvalue weighted by Gasteiger charge is -2.23. The maximum absolute atomic E-state index is 12.6. The lowest BCUT2D eigenvalue weighted by atomic mass is 9.85. The molecule has 0 spiro atoms. The molecule has 0 aromatic heterocycles. The molecular weight excluding hydrogens is 637 g/mol. The molecule has 0 aliphatic rings. The van der Waals surface area contributed by atoms with E-state index in [2.05, 4.69) is 10.6 Å². The molecule has 0 unspecified atom stereocenters. The minimum absolute atomic E-state index is 0.122. The zero-order chi connectivity index (χ0) is 34.3. The van der Waals surface area contributed by atoms with E-state index in [0.717, 1.165) is 57.1 Å². The summed E-state index contributed by atoms with van der Waals surface area (Å²) < 4.78 is 68.9. The first-order valence-corrected chi connectivity index (χ1v) is 17.5. The van der Waals surface area contributed by atoms with E-state index in [-0.39, 0.29) is 5.56 Å². The minimum Gasteiger partial charge on any atom is -0.399 e. The predicted molar refractivity (Wildman–Crippen MR) is 187 cm³/mol. The molecule has 12 heteroatoms. The Labute approximate surface area is 275 Å². The molecule has 10 nitrogen and oxygen atoms in total. The molecule has 0 bridgehead atoms. The van der Waals surface area contributed by atoms with Crippen molar-refractivity contribution in [3.63, 3.8) is 0 Å². The van der Waals surface area contributed by atoms with Gasteiger partial charge in [0.1, 0.15) is 0 Å². The van der Waals surface area contributed by atoms with Gasteiger partial charge >= 0.3 is 0 Å². The van der Waals surface area contributed by atoms with Crippen LogP contribution in [0.25, 0.3) is 0 Å². The molecule has 5 aromatic carbocycles. The van der Waals surface area contributed by atoms with Crippen LogP contribution in [0.4, 0.5) is 34.1 Å². The zero-order valence-corrected chi connectivity index (χ0v) is 27.9. The Balaban J connectivity index is 1.60. The Morgan fingerprint density at radius 2 is 0.936 bits per heavy atom. The van der Waals surface area contributed by atoms with E-state index in [1.54, 1.807) is 0 Å². The molecule has 5 rings (SSSR count). The number of hydrogen-bond acceptors (Lipinski definition) is 8. The fourth-order valence-electron chi connectivity index (χ4n) is 5.88. The third kappa shape index (κ3) is 7.42. The quantitative estimate of drug-likeness (QED) is 0.0529. The molecule has 0 saturated carbocycles. The van der Waals surface area contributed by atoms with Crippen LogP contribution in [0, 0.1) is 27.7 Å². The number of nitrogens with one attached hydrogen (secondary N) is 2. The fourth-order valence-corrected chi connectivity index (χ4v) is 7.22. The van der Waals surface area contributed by atoms with Gasteiger partial charge in [-0.3, -0.25) is 9.11 Å². The standard InChI is InChI=1S/C35H36N4O6S2/c1-20-15-26(36)16-21(2)34(20)38-28-9-5-24(6-10-28)33(31-14-13-30(46(40,41)42)19-32(31)47(43,44)45)25-7-11-29(12-8-25)39-35-22(3)17-27(37)18-23(35)4/h5-19,33,38-39H,36-37H2,1-4H3,(H,40,41,42)(H,43,44,45). The van der Waals surface area contributed by atoms with Crippen LogP contribution in [0.2, 0.25) is 0 Å². The Kier molecular flexibility index (Phi) is 9.07. The monoisotopic (exact) mass is 672 g/mol. The summed E-state index contributed by atoms with van der Waals surface area (Å²) in [7, 11) is -9.68. The molecule has 0 heterocycles. The van der Waals surface area contributed by atoms with Crippen LogP contribution in [-0.2, 0) is 20.2 Å². The van der Waals surface area contributed by atoms with Crippen molar-refractivity contribution in [3.8, 4) is 0 Å². The van der Waals surface area contributed by atoms with E-state index in [0.29, 0.717) is 22.5 Å². The summed E-state index contributed by atoms with van der Waals surface area (Å²) in [5.74, 6) is -0.759. The Bertz CT molecular complexity index is 2050. The maximum atomic E-state index is 12.6. The van der Waals surface area contributed by atoms with Crippen LogP contribution >= 0.6 is 0 Å². The smallest absolute Gasteiger partial charge is 0.294 e. The topological polar surface area (TPSA) is 185 Å². The van der Waals surface area contributed by atoms with Gasteiger partial charge in [-0.05, 0) is 127 Å². The van der Waals surface area contributed by atoms with Crippen molar-refractivity contribution in [3.05, 3.63) is 130 Å². The van der Waals surface area contributed by atoms with Crippen LogP contribution in [0.15, 0.2) is 101 Å². The Morgan fingerprint density at radius 1 is 0.553 bits per heavy atom. The van der Waals surface area contributed by atoms with Crippen molar-refractivity contribution in [1.82, 2.24) is 0 Å². The second-order valence-electron chi connectivity index (χ2n) is 11.6. The second kappa shape index (κ2) is 12.7. The average molecular weight is 673 g/mol. The van der Waals surface area contributed by atoms with Gasteiger partial charge in [-0.1, -0.05) is 30.3 Å². The van der Waals surface area contributed by atoms with Crippen molar-refractivity contribution in [2.75, 3.05) is 22.1 Å². The highest BCUT2D eigenvalue weighted by Gasteiger charge is 2.27. The van der Waals surface area contributed by atoms with Gasteiger partial charge in [0.2, 0.25) is 0 Å². The highest BCUT2D eigenvalue weighted by atomic mass is 32.2. The molecule has 244 valence electrons. The summed E-state index contributed by atoms with van der Waals surface area (Å²) in [4.78, 5) is -1.29. The lowest BCUT2D eigenvalue weighted by Crippen LogP contribution is -2.12. The molecule has 0 aliphatic carbocycles. The molecule has 0 aliphatic heterocycles. The molecular formula is C35H36N4O6S2. The summed E-state index contributed by atoms with van der Waals surface area (Å²) >= 11 is 0. The Morgan fingerprint density at radius 3 is 1.28 bits per heavy atom. The van der Waals surface area contributed by atoms with E-state index >= 15 is 0 Å². The van der Waals surface area contributed by atoms with Gasteiger partial charge < -0.3 is 22.1 Å². The van der Waals surface area contributed by atoms with Gasteiger partial charge in [0.25, 0.3) is 20.2 Å². The highest BCUT2D eigenvalue weighted by Crippen LogP contribution is 2.39. The van der Waals surface area contributed by atoms with Gasteiger partial charge in [-0.2, -0.15) is 16.8 Å². The van der Waals surface area contributed by atoms with Crippen molar-refractivity contribution in [1.29, 1.82) is 0 Å². The first kappa shape index (κ1) is 33.5. The SMILES string of the molecule is Cc1cc(N)cc(C)c1Nc1ccc(C(c2ccc(Nc3c(C)cc(N)cc3C)cc2)c2ccc(S(=O)(=O)O)cc2S(=O)(=O)O)cc1. The van der Waals surface area contributed by atoms with Gasteiger partial charge in [-0.25, -0.2) is 0 Å². The van der Waals surface area contributed by atoms with E-state index < -0.39 is 35.9 Å². The van der Waals surface area contributed by atoms with Gasteiger partial charge in [0.05, 0.1) is 9.79 Å². The summed E-state index contributed by atoms with van der Waals surface area (Å²) in [6.45, 7) is 7.82. The number of benzene rings is 5. The molecule has 0 atom stereocenters. The molecule has 0 saturated heterocycles. The third-order valence-corrected chi connectivity index (χ3v) is 9.77. The normalized spacial score (nSPS) is 11.9. The fraction of sp³-hybridized carbons (Fsp3) is 0.143. The van der Waals surface area contributed by atoms with Crippen molar-refractivity contribution >= 4 is 54.4 Å². The largest absolute Gasteiger partial charge is 0.399 e. The van der Waals surface area contributed by atoms with Crippen LogP contribution in [0.1, 0.15) is 44.9 Å². The van der Waals surface area contributed by atoms with Gasteiger partial charge in [-0.15, -0.1) is 0 Å². The number of nitrogen functional groups attached to an aromatic ring is 2. The second-order valence-corrected chi connectivity index (χ2v) is 14.4. The van der Waals surface area contributed by atoms with Crippen molar-refractivity contribution in [2.24, 2.45) is 0 Å². The molecule has 0 amide bonds. The first-order valence-electron chi connectivity index (χ1n) is 14.6. The molecule has 5 aromatic rings. The van der Waals surface area contributed by atoms with E-state index in [1.165, 1.54) is 6.07 Å². The Hall–Kier alpha value is -4.88. The first-order chi connectivity index (χ1) is 22.0. The van der Waals surface area contributed by atoms with Crippen molar-refractivity contribution < 1.29 is 25.9 Å². The number of nitrogens with two attached hydrogens (primary N) is 2. The molecule has 0 radical (unpaired) electrons. The van der Waals surface area contributed by atoms with Gasteiger partial charge in [0, 0.05) is 40.0 Å². The minimum atomic E-state index is -4.92. The molecule has 47 heavy (non-hydrogen) atoms. The highest BCUT2D eigenvalue weighted by molar-refractivity contribution is 7.86. The van der Waals surface area contributed by atoms with E-state index in [9.17, 15) is 25.9 Å². The van der Waals surface area contributed by atoms with Crippen LogP contribution in [-0.4, -0.2) is 25.9 Å². The van der Waals surface area contributed by atoms with Gasteiger partial charge in [0.15, 0.2) is 0 Å². The summed E-state index contributed by atoms with van der Waals surface area (Å²) in [5.41, 5.74) is 22.0. The summed E-state index contributed by atoms with van der Waals surface area (Å²) in [5, 5.41) is 6.83. The zero-order valence-electron chi connectivity index (χ0n) is 26.2. The number of rotatable bonds is 9. The molecule has 8 N–H and O–H groups in total. The number of anilines is 6. The number of hydrogen-bond donors (Lipinski definition) is 6. The van der Waals surface area contributed by atoms with E-state index in [1.807, 2.05) is 100 Å². The van der Waals surface area contributed by atoms with Crippen LogP contribution in [0.5, 0.6) is 0 Å². The van der Waals surface area contributed by atoms with E-state index in [4.69, 9.17) is 11.5 Å². The third-order valence-electron chi connectivity index (χ3n) is 8.01. The van der Waals surface area contributed by atoms with Crippen molar-refractivity contribution in [2.45, 2.75) is 43.4 Å². The average Bonchev–Trinajstić information content (AvgIpc) is 2.97. The lowest BCUT2D eigenvalue weighted by molar-refractivity contribution is 0.480. The predicted octanol–water partition coefficient (Wildman–Crippen LogP) is 7.25. The summed E-state index contributed by atoms with van der Waals surface area (Å²) in [6, 6.07) is 25.4. The maximum Gasteiger partial charge on any atom is 0.294 e.